The van der Waals surface area contributed by atoms with E-state index in [2.05, 4.69) is 59.4 Å². The lowest BCUT2D eigenvalue weighted by Crippen LogP contribution is -2.28. The molecular formula is C17H26BN. The Hall–Kier alpha value is -1.18. The van der Waals surface area contributed by atoms with Gasteiger partial charge in [0, 0.05) is 5.70 Å². The lowest BCUT2D eigenvalue weighted by atomic mass is 9.42. The quantitative estimate of drug-likeness (QED) is 0.801. The number of nitrogens with two attached hydrogens (primary N) is 1. The summed E-state index contributed by atoms with van der Waals surface area (Å²) in [6, 6.07) is 6.67. The zero-order valence-electron chi connectivity index (χ0n) is 13.0. The Morgan fingerprint density at radius 1 is 1.11 bits per heavy atom. The summed E-state index contributed by atoms with van der Waals surface area (Å²) in [6.45, 7) is 16.2. The first-order chi connectivity index (χ1) is 8.62. The van der Waals surface area contributed by atoms with Gasteiger partial charge in [-0.15, -0.1) is 0 Å². The molecule has 1 aliphatic heterocycles. The fourth-order valence-electron chi connectivity index (χ4n) is 3.33. The standard InChI is InChI=1S/C17H26BN/c1-12-7-14(13(2)19)9-15(8-12)18-10-16(3,4)17(5,6)11-18/h7-9H,2,10-11,19H2,1,3-6H3. The molecule has 1 aliphatic rings. The molecule has 2 heteroatoms. The fourth-order valence-corrected chi connectivity index (χ4v) is 3.33. The van der Waals surface area contributed by atoms with Crippen molar-refractivity contribution >= 4 is 17.9 Å². The van der Waals surface area contributed by atoms with Crippen LogP contribution in [-0.4, -0.2) is 6.71 Å². The zero-order valence-corrected chi connectivity index (χ0v) is 13.0. The Kier molecular flexibility index (Phi) is 3.32. The van der Waals surface area contributed by atoms with Crippen LogP contribution in [0.1, 0.15) is 38.8 Å². The summed E-state index contributed by atoms with van der Waals surface area (Å²) in [6.07, 6.45) is 2.50. The first-order valence-electron chi connectivity index (χ1n) is 7.19. The molecule has 0 unspecified atom stereocenters. The van der Waals surface area contributed by atoms with Crippen molar-refractivity contribution in [2.24, 2.45) is 16.6 Å². The van der Waals surface area contributed by atoms with E-state index in [9.17, 15) is 0 Å². The van der Waals surface area contributed by atoms with Gasteiger partial charge >= 0.3 is 0 Å². The first kappa shape index (κ1) is 14.2. The van der Waals surface area contributed by atoms with Gasteiger partial charge in [-0.2, -0.15) is 0 Å². The average molecular weight is 255 g/mol. The molecule has 1 saturated heterocycles. The maximum Gasteiger partial charge on any atom is 0.177 e. The Balaban J connectivity index is 2.37. The molecule has 2 rings (SSSR count). The van der Waals surface area contributed by atoms with Gasteiger partial charge in [0.25, 0.3) is 0 Å². The molecule has 0 atom stereocenters. The van der Waals surface area contributed by atoms with Crippen LogP contribution in [0.15, 0.2) is 24.8 Å². The van der Waals surface area contributed by atoms with E-state index in [1.807, 2.05) is 0 Å². The first-order valence-corrected chi connectivity index (χ1v) is 7.19. The molecule has 0 saturated carbocycles. The van der Waals surface area contributed by atoms with Crippen molar-refractivity contribution in [3.63, 3.8) is 0 Å². The van der Waals surface area contributed by atoms with E-state index in [0.29, 0.717) is 23.2 Å². The van der Waals surface area contributed by atoms with Gasteiger partial charge in [0.1, 0.15) is 0 Å². The van der Waals surface area contributed by atoms with E-state index in [0.717, 1.165) is 5.56 Å². The normalized spacial score (nSPS) is 20.6. The van der Waals surface area contributed by atoms with Crippen LogP contribution >= 0.6 is 0 Å². The fraction of sp³-hybridized carbons (Fsp3) is 0.529. The highest BCUT2D eigenvalue weighted by Gasteiger charge is 2.48. The van der Waals surface area contributed by atoms with Crippen molar-refractivity contribution in [1.82, 2.24) is 0 Å². The van der Waals surface area contributed by atoms with Crippen LogP contribution in [-0.2, 0) is 0 Å². The van der Waals surface area contributed by atoms with Crippen molar-refractivity contribution in [3.05, 3.63) is 35.9 Å². The van der Waals surface area contributed by atoms with Crippen LogP contribution in [0.2, 0.25) is 12.6 Å². The summed E-state index contributed by atoms with van der Waals surface area (Å²) in [5.41, 5.74) is 11.1. The van der Waals surface area contributed by atoms with E-state index in [1.165, 1.54) is 23.7 Å². The van der Waals surface area contributed by atoms with E-state index in [1.54, 1.807) is 0 Å². The van der Waals surface area contributed by atoms with E-state index in [-0.39, 0.29) is 0 Å². The highest BCUT2D eigenvalue weighted by atomic mass is 14.6. The van der Waals surface area contributed by atoms with Crippen LogP contribution in [0, 0.1) is 17.8 Å². The molecule has 0 radical (unpaired) electrons. The second-order valence-electron chi connectivity index (χ2n) is 7.53. The molecule has 1 heterocycles. The van der Waals surface area contributed by atoms with Crippen LogP contribution in [0.4, 0.5) is 0 Å². The van der Waals surface area contributed by atoms with Crippen LogP contribution < -0.4 is 11.2 Å². The zero-order chi connectivity index (χ0) is 14.4. The molecule has 2 N–H and O–H groups in total. The van der Waals surface area contributed by atoms with Gasteiger partial charge in [0.2, 0.25) is 0 Å². The number of rotatable bonds is 2. The lowest BCUT2D eigenvalue weighted by molar-refractivity contribution is 0.177. The molecule has 1 aromatic rings. The smallest absolute Gasteiger partial charge is 0.177 e. The molecule has 102 valence electrons. The number of hydrogen-bond donors (Lipinski definition) is 1. The monoisotopic (exact) mass is 255 g/mol. The highest BCUT2D eigenvalue weighted by molar-refractivity contribution is 6.74. The summed E-state index contributed by atoms with van der Waals surface area (Å²) >= 11 is 0. The van der Waals surface area contributed by atoms with Gasteiger partial charge in [0.15, 0.2) is 6.71 Å². The average Bonchev–Trinajstić information content (AvgIpc) is 2.47. The molecular weight excluding hydrogens is 229 g/mol. The third-order valence-corrected chi connectivity index (χ3v) is 5.29. The highest BCUT2D eigenvalue weighted by Crippen LogP contribution is 2.52. The molecule has 0 aliphatic carbocycles. The molecule has 1 aromatic carbocycles. The summed E-state index contributed by atoms with van der Waals surface area (Å²) in [7, 11) is 0. The topological polar surface area (TPSA) is 26.0 Å². The number of aryl methyl sites for hydroxylation is 1. The predicted octanol–water partition coefficient (Wildman–Crippen LogP) is 3.69. The van der Waals surface area contributed by atoms with E-state index >= 15 is 0 Å². The molecule has 0 spiro atoms. The SMILES string of the molecule is C=C(N)c1cc(C)cc(B2CC(C)(C)C(C)(C)C2)c1. The summed E-state index contributed by atoms with van der Waals surface area (Å²) < 4.78 is 0. The number of hydrogen-bond acceptors (Lipinski definition) is 1. The van der Waals surface area contributed by atoms with Crippen molar-refractivity contribution in [2.75, 3.05) is 0 Å². The number of benzene rings is 1. The largest absolute Gasteiger partial charge is 0.399 e. The maximum absolute atomic E-state index is 5.86. The molecule has 0 amide bonds. The molecule has 19 heavy (non-hydrogen) atoms. The molecule has 0 bridgehead atoms. The minimum Gasteiger partial charge on any atom is -0.399 e. The summed E-state index contributed by atoms with van der Waals surface area (Å²) in [5.74, 6) is 0. The lowest BCUT2D eigenvalue weighted by Gasteiger charge is -2.35. The Bertz CT molecular complexity index is 498. The Labute approximate surface area is 118 Å². The Morgan fingerprint density at radius 3 is 2.11 bits per heavy atom. The van der Waals surface area contributed by atoms with Crippen molar-refractivity contribution in [2.45, 2.75) is 47.3 Å². The summed E-state index contributed by atoms with van der Waals surface area (Å²) in [4.78, 5) is 0. The van der Waals surface area contributed by atoms with Crippen LogP contribution in [0.5, 0.6) is 0 Å². The second kappa shape index (κ2) is 4.43. The van der Waals surface area contributed by atoms with Crippen molar-refractivity contribution < 1.29 is 0 Å². The van der Waals surface area contributed by atoms with Crippen LogP contribution in [0.3, 0.4) is 0 Å². The molecule has 1 nitrogen and oxygen atoms in total. The predicted molar refractivity (Wildman–Crippen MR) is 87.0 cm³/mol. The van der Waals surface area contributed by atoms with Gasteiger partial charge in [-0.3, -0.25) is 0 Å². The molecule has 1 fully saturated rings. The summed E-state index contributed by atoms with van der Waals surface area (Å²) in [5, 5.41) is 0. The van der Waals surface area contributed by atoms with E-state index in [4.69, 9.17) is 5.73 Å². The second-order valence-corrected chi connectivity index (χ2v) is 7.53. The van der Waals surface area contributed by atoms with Gasteiger partial charge in [-0.1, -0.05) is 76.1 Å². The minimum absolute atomic E-state index is 0.390. The van der Waals surface area contributed by atoms with Gasteiger partial charge in [0.05, 0.1) is 0 Å². The van der Waals surface area contributed by atoms with Gasteiger partial charge in [-0.05, 0) is 23.3 Å². The van der Waals surface area contributed by atoms with Crippen molar-refractivity contribution in [1.29, 1.82) is 0 Å². The van der Waals surface area contributed by atoms with Gasteiger partial charge < -0.3 is 5.73 Å². The maximum atomic E-state index is 5.86. The third-order valence-electron chi connectivity index (χ3n) is 5.29. The van der Waals surface area contributed by atoms with Gasteiger partial charge in [-0.25, -0.2) is 0 Å². The molecule has 0 aromatic heterocycles. The third kappa shape index (κ3) is 2.58. The van der Waals surface area contributed by atoms with Crippen molar-refractivity contribution in [3.8, 4) is 0 Å². The van der Waals surface area contributed by atoms with E-state index < -0.39 is 0 Å². The van der Waals surface area contributed by atoms with Crippen LogP contribution in [0.25, 0.3) is 5.70 Å². The minimum atomic E-state index is 0.390. The Morgan fingerprint density at radius 2 is 1.63 bits per heavy atom.